The average molecular weight is 311 g/mol. The van der Waals surface area contributed by atoms with Crippen LogP contribution in [-0.4, -0.2) is 25.6 Å². The number of rotatable bonds is 6. The minimum atomic E-state index is 0.0142. The number of aromatic nitrogens is 4. The molecule has 3 aromatic rings. The number of hydrogen-bond donors (Lipinski definition) is 1. The van der Waals surface area contributed by atoms with Gasteiger partial charge in [0.25, 0.3) is 0 Å². The van der Waals surface area contributed by atoms with Gasteiger partial charge in [-0.05, 0) is 12.5 Å². The summed E-state index contributed by atoms with van der Waals surface area (Å²) < 4.78 is 6.68. The van der Waals surface area contributed by atoms with Crippen molar-refractivity contribution in [1.82, 2.24) is 25.0 Å². The lowest BCUT2D eigenvalue weighted by molar-refractivity contribution is -0.121. The molecule has 0 unspecified atom stereocenters. The van der Waals surface area contributed by atoms with Gasteiger partial charge in [-0.3, -0.25) is 4.79 Å². The minimum Gasteiger partial charge on any atom is -0.352 e. The Kier molecular flexibility index (Phi) is 4.46. The van der Waals surface area contributed by atoms with Gasteiger partial charge in [-0.15, -0.1) is 0 Å². The van der Waals surface area contributed by atoms with Crippen LogP contribution in [0.4, 0.5) is 0 Å². The number of carbonyl (C=O) groups excluding carboxylic acids is 1. The molecule has 7 heteroatoms. The minimum absolute atomic E-state index is 0.0142. The Balaban J connectivity index is 1.48. The van der Waals surface area contributed by atoms with Crippen molar-refractivity contribution in [3.8, 4) is 11.4 Å². The van der Waals surface area contributed by atoms with Crippen molar-refractivity contribution in [2.75, 3.05) is 0 Å². The SMILES string of the molecule is Cc1nccn1CCC(=O)NCc1ccc(-c2ncon2)cc1. The Bertz CT molecular complexity index is 762. The van der Waals surface area contributed by atoms with Crippen LogP contribution in [0, 0.1) is 6.92 Å². The fraction of sp³-hybridized carbons (Fsp3) is 0.250. The molecule has 0 aliphatic carbocycles. The van der Waals surface area contributed by atoms with Crippen LogP contribution in [0.2, 0.25) is 0 Å². The molecule has 0 fully saturated rings. The van der Waals surface area contributed by atoms with Crippen molar-refractivity contribution in [3.63, 3.8) is 0 Å². The highest BCUT2D eigenvalue weighted by Gasteiger charge is 2.05. The molecule has 1 amide bonds. The van der Waals surface area contributed by atoms with Gasteiger partial charge in [-0.2, -0.15) is 4.98 Å². The van der Waals surface area contributed by atoms with Crippen LogP contribution in [-0.2, 0) is 17.9 Å². The first-order valence-electron chi connectivity index (χ1n) is 7.32. The molecule has 118 valence electrons. The Morgan fingerprint density at radius 3 is 2.74 bits per heavy atom. The van der Waals surface area contributed by atoms with Crippen molar-refractivity contribution >= 4 is 5.91 Å². The summed E-state index contributed by atoms with van der Waals surface area (Å²) in [7, 11) is 0. The molecule has 1 N–H and O–H groups in total. The fourth-order valence-corrected chi connectivity index (χ4v) is 2.22. The molecule has 0 radical (unpaired) electrons. The summed E-state index contributed by atoms with van der Waals surface area (Å²) in [6.45, 7) is 3.05. The molecule has 7 nitrogen and oxygen atoms in total. The number of nitrogens with one attached hydrogen (secondary N) is 1. The third-order valence-electron chi connectivity index (χ3n) is 3.57. The molecular weight excluding hydrogens is 294 g/mol. The summed E-state index contributed by atoms with van der Waals surface area (Å²) in [5.41, 5.74) is 1.90. The predicted molar refractivity (Wildman–Crippen MR) is 83.2 cm³/mol. The van der Waals surface area contributed by atoms with Crippen LogP contribution in [0.1, 0.15) is 17.8 Å². The lowest BCUT2D eigenvalue weighted by atomic mass is 10.1. The highest BCUT2D eigenvalue weighted by Crippen LogP contribution is 2.14. The summed E-state index contributed by atoms with van der Waals surface area (Å²) in [5.74, 6) is 1.48. The zero-order valence-electron chi connectivity index (χ0n) is 12.8. The van der Waals surface area contributed by atoms with E-state index >= 15 is 0 Å². The zero-order valence-corrected chi connectivity index (χ0v) is 12.8. The van der Waals surface area contributed by atoms with Crippen LogP contribution >= 0.6 is 0 Å². The summed E-state index contributed by atoms with van der Waals surface area (Å²) in [6.07, 6.45) is 5.33. The van der Waals surface area contributed by atoms with Gasteiger partial charge in [0.05, 0.1) is 0 Å². The monoisotopic (exact) mass is 311 g/mol. The van der Waals surface area contributed by atoms with E-state index in [-0.39, 0.29) is 5.91 Å². The second-order valence-corrected chi connectivity index (χ2v) is 5.15. The second-order valence-electron chi connectivity index (χ2n) is 5.15. The first-order chi connectivity index (χ1) is 11.2. The van der Waals surface area contributed by atoms with Crippen molar-refractivity contribution < 1.29 is 9.32 Å². The normalized spacial score (nSPS) is 10.7. The van der Waals surface area contributed by atoms with Gasteiger partial charge in [-0.1, -0.05) is 29.4 Å². The molecule has 23 heavy (non-hydrogen) atoms. The molecule has 0 bridgehead atoms. The molecule has 2 heterocycles. The van der Waals surface area contributed by atoms with Crippen molar-refractivity contribution in [2.45, 2.75) is 26.4 Å². The maximum absolute atomic E-state index is 11.9. The van der Waals surface area contributed by atoms with Crippen LogP contribution in [0.25, 0.3) is 11.4 Å². The number of hydrogen-bond acceptors (Lipinski definition) is 5. The van der Waals surface area contributed by atoms with E-state index in [1.165, 1.54) is 6.39 Å². The third-order valence-corrected chi connectivity index (χ3v) is 3.57. The summed E-state index contributed by atoms with van der Waals surface area (Å²) >= 11 is 0. The Labute approximate surface area is 133 Å². The maximum atomic E-state index is 11.9. The first-order valence-corrected chi connectivity index (χ1v) is 7.32. The molecule has 0 spiro atoms. The molecule has 0 aliphatic rings. The van der Waals surface area contributed by atoms with Crippen LogP contribution in [0.5, 0.6) is 0 Å². The van der Waals surface area contributed by atoms with E-state index in [1.54, 1.807) is 6.20 Å². The number of amides is 1. The Morgan fingerprint density at radius 2 is 2.09 bits per heavy atom. The van der Waals surface area contributed by atoms with Gasteiger partial charge in [0.2, 0.25) is 18.1 Å². The van der Waals surface area contributed by atoms with Gasteiger partial charge in [0.15, 0.2) is 0 Å². The van der Waals surface area contributed by atoms with Gasteiger partial charge < -0.3 is 14.4 Å². The van der Waals surface area contributed by atoms with Crippen LogP contribution < -0.4 is 5.32 Å². The lowest BCUT2D eigenvalue weighted by Crippen LogP contribution is -2.24. The second kappa shape index (κ2) is 6.87. The number of benzene rings is 1. The van der Waals surface area contributed by atoms with Crippen LogP contribution in [0.3, 0.4) is 0 Å². The quantitative estimate of drug-likeness (QED) is 0.752. The van der Waals surface area contributed by atoms with Gasteiger partial charge in [-0.25, -0.2) is 4.98 Å². The third kappa shape index (κ3) is 3.82. The molecule has 1 aromatic carbocycles. The highest BCUT2D eigenvalue weighted by molar-refractivity contribution is 5.75. The summed E-state index contributed by atoms with van der Waals surface area (Å²) in [4.78, 5) is 20.0. The largest absolute Gasteiger partial charge is 0.352 e. The number of nitrogens with zero attached hydrogens (tertiary/aromatic N) is 4. The highest BCUT2D eigenvalue weighted by atomic mass is 16.5. The van der Waals surface area contributed by atoms with E-state index in [4.69, 9.17) is 4.52 Å². The maximum Gasteiger partial charge on any atom is 0.222 e. The summed E-state index contributed by atoms with van der Waals surface area (Å²) in [6, 6.07) is 7.68. The van der Waals surface area contributed by atoms with E-state index in [9.17, 15) is 4.79 Å². The molecule has 0 atom stereocenters. The average Bonchev–Trinajstić information content (AvgIpc) is 3.23. The molecule has 0 saturated heterocycles. The van der Waals surface area contributed by atoms with E-state index < -0.39 is 0 Å². The van der Waals surface area contributed by atoms with Gasteiger partial charge >= 0.3 is 0 Å². The van der Waals surface area contributed by atoms with Crippen molar-refractivity contribution in [3.05, 3.63) is 54.4 Å². The van der Waals surface area contributed by atoms with E-state index in [0.29, 0.717) is 25.3 Å². The molecule has 0 saturated carbocycles. The topological polar surface area (TPSA) is 85.8 Å². The molecular formula is C16H17N5O2. The van der Waals surface area contributed by atoms with Crippen molar-refractivity contribution in [1.29, 1.82) is 0 Å². The summed E-state index contributed by atoms with van der Waals surface area (Å²) in [5, 5.41) is 6.70. The number of aryl methyl sites for hydroxylation is 2. The number of imidazole rings is 1. The smallest absolute Gasteiger partial charge is 0.222 e. The Hall–Kier alpha value is -2.96. The fourth-order valence-electron chi connectivity index (χ4n) is 2.22. The molecule has 0 aliphatic heterocycles. The number of carbonyl (C=O) groups is 1. The van der Waals surface area contributed by atoms with Crippen LogP contribution in [0.15, 0.2) is 47.6 Å². The van der Waals surface area contributed by atoms with E-state index in [0.717, 1.165) is 17.0 Å². The van der Waals surface area contributed by atoms with Crippen molar-refractivity contribution in [2.24, 2.45) is 0 Å². The zero-order chi connectivity index (χ0) is 16.1. The standard InChI is InChI=1S/C16H17N5O2/c1-12-17-7-9-21(12)8-6-15(22)18-10-13-2-4-14(5-3-13)16-19-11-23-20-16/h2-5,7,9,11H,6,8,10H2,1H3,(H,18,22). The molecule has 2 aromatic heterocycles. The van der Waals surface area contributed by atoms with Gasteiger partial charge in [0.1, 0.15) is 5.82 Å². The Morgan fingerprint density at radius 1 is 1.26 bits per heavy atom. The van der Waals surface area contributed by atoms with E-state index in [1.807, 2.05) is 42.0 Å². The lowest BCUT2D eigenvalue weighted by Gasteiger charge is -2.07. The molecule has 3 rings (SSSR count). The van der Waals surface area contributed by atoms with E-state index in [2.05, 4.69) is 20.4 Å². The first kappa shape index (κ1) is 15.0. The predicted octanol–water partition coefficient (Wildman–Crippen LogP) is 1.95. The van der Waals surface area contributed by atoms with Gasteiger partial charge in [0, 0.05) is 37.5 Å².